The summed E-state index contributed by atoms with van der Waals surface area (Å²) < 4.78 is 13.0. The van der Waals surface area contributed by atoms with Crippen molar-refractivity contribution in [2.45, 2.75) is 83.9 Å². The average Bonchev–Trinajstić information content (AvgIpc) is 3.89. The Morgan fingerprint density at radius 2 is 1.70 bits per heavy atom. The molecule has 2 aliphatic heterocycles. The van der Waals surface area contributed by atoms with Crippen molar-refractivity contribution >= 4 is 23.2 Å². The van der Waals surface area contributed by atoms with Gasteiger partial charge in [0.1, 0.15) is 12.1 Å². The van der Waals surface area contributed by atoms with Crippen molar-refractivity contribution in [3.63, 3.8) is 0 Å². The number of carbonyl (C=O) groups excluding carboxylic acids is 3. The maximum Gasteiger partial charge on any atom is 0.292 e. The van der Waals surface area contributed by atoms with Crippen molar-refractivity contribution in [3.8, 4) is 28.1 Å². The fourth-order valence-electron chi connectivity index (χ4n) is 7.48. The Bertz CT molecular complexity index is 2420. The summed E-state index contributed by atoms with van der Waals surface area (Å²) in [5.74, 6) is 0.573. The van der Waals surface area contributed by atoms with Crippen molar-refractivity contribution in [1.82, 2.24) is 40.3 Å². The minimum absolute atomic E-state index is 0.0233. The largest absolute Gasteiger partial charge is 0.481 e. The van der Waals surface area contributed by atoms with Crippen LogP contribution in [-0.4, -0.2) is 66.6 Å². The van der Waals surface area contributed by atoms with Gasteiger partial charge < -0.3 is 14.6 Å². The molecule has 292 valence electrons. The van der Waals surface area contributed by atoms with E-state index in [9.17, 15) is 14.4 Å². The molecule has 3 aromatic carbocycles. The lowest BCUT2D eigenvalue weighted by molar-refractivity contribution is -0.138. The zero-order chi connectivity index (χ0) is 39.7. The van der Waals surface area contributed by atoms with Crippen LogP contribution in [-0.2, 0) is 28.1 Å². The highest BCUT2D eigenvalue weighted by Crippen LogP contribution is 2.32. The van der Waals surface area contributed by atoms with Gasteiger partial charge in [0.15, 0.2) is 6.10 Å². The first kappa shape index (κ1) is 37.7. The van der Waals surface area contributed by atoms with Gasteiger partial charge in [-0.3, -0.25) is 24.6 Å². The topological polar surface area (TPSA) is 157 Å². The highest BCUT2D eigenvalue weighted by molar-refractivity contribution is 6.00. The molecule has 0 bridgehead atoms. The fraction of sp³-hybridized carbons (Fsp3) is 0.341. The third kappa shape index (κ3) is 8.48. The Balaban J connectivity index is 0.858. The van der Waals surface area contributed by atoms with Crippen LogP contribution in [0.3, 0.4) is 0 Å². The number of nitrogens with zero attached hydrogens (tertiary/aromatic N) is 6. The Hall–Kier alpha value is -6.21. The summed E-state index contributed by atoms with van der Waals surface area (Å²) in [5.41, 5.74) is 9.08. The summed E-state index contributed by atoms with van der Waals surface area (Å²) in [4.78, 5) is 47.6. The number of amides is 3. The molecule has 3 aromatic heterocycles. The first-order valence-corrected chi connectivity index (χ1v) is 19.4. The number of fused-ring (bicyclic) bond motifs is 1. The van der Waals surface area contributed by atoms with Gasteiger partial charge in [-0.15, -0.1) is 0 Å². The Morgan fingerprint density at radius 3 is 2.40 bits per heavy atom. The van der Waals surface area contributed by atoms with Gasteiger partial charge in [-0.1, -0.05) is 74.5 Å². The molecule has 5 heterocycles. The number of hydrogen-bond donors (Lipinski definition) is 2. The molecule has 2 aliphatic rings. The number of rotatable bonds is 10. The molecule has 2 N–H and O–H groups in total. The molecule has 13 heteroatoms. The number of hydrogen-bond acceptors (Lipinski definition) is 10. The molecule has 13 nitrogen and oxygen atoms in total. The molecule has 1 atom stereocenters. The number of benzene rings is 3. The number of aryl methyl sites for hydroxylation is 1. The third-order valence-corrected chi connectivity index (χ3v) is 10.8. The quantitative estimate of drug-likeness (QED) is 0.147. The van der Waals surface area contributed by atoms with Crippen LogP contribution in [0.2, 0.25) is 0 Å². The maximum atomic E-state index is 12.7. The molecule has 57 heavy (non-hydrogen) atoms. The van der Waals surface area contributed by atoms with Crippen molar-refractivity contribution in [2.75, 3.05) is 13.1 Å². The van der Waals surface area contributed by atoms with Crippen molar-refractivity contribution < 1.29 is 23.6 Å². The van der Waals surface area contributed by atoms with E-state index in [1.165, 1.54) is 11.1 Å². The van der Waals surface area contributed by atoms with Crippen LogP contribution < -0.4 is 15.4 Å². The van der Waals surface area contributed by atoms with Crippen LogP contribution in [0, 0.1) is 6.92 Å². The minimum Gasteiger partial charge on any atom is -0.481 e. The van der Waals surface area contributed by atoms with E-state index in [1.54, 1.807) is 6.33 Å². The second kappa shape index (κ2) is 15.7. The zero-order valence-corrected chi connectivity index (χ0v) is 32.6. The van der Waals surface area contributed by atoms with E-state index in [1.807, 2.05) is 62.7 Å². The minimum atomic E-state index is -0.626. The Labute approximate surface area is 330 Å². The Kier molecular flexibility index (Phi) is 10.4. The van der Waals surface area contributed by atoms with Crippen LogP contribution in [0.5, 0.6) is 5.75 Å². The van der Waals surface area contributed by atoms with Gasteiger partial charge in [0.05, 0.1) is 11.2 Å². The van der Waals surface area contributed by atoms with E-state index in [4.69, 9.17) is 9.26 Å². The van der Waals surface area contributed by atoms with Crippen LogP contribution in [0.25, 0.3) is 27.9 Å². The Morgan fingerprint density at radius 1 is 0.947 bits per heavy atom. The lowest BCUT2D eigenvalue weighted by Crippen LogP contribution is -2.46. The highest BCUT2D eigenvalue weighted by atomic mass is 16.5. The van der Waals surface area contributed by atoms with Crippen LogP contribution >= 0.6 is 0 Å². The smallest absolute Gasteiger partial charge is 0.292 e. The van der Waals surface area contributed by atoms with Gasteiger partial charge >= 0.3 is 0 Å². The molecule has 8 rings (SSSR count). The summed E-state index contributed by atoms with van der Waals surface area (Å²) in [7, 11) is 0. The summed E-state index contributed by atoms with van der Waals surface area (Å²) in [6.45, 7) is 11.1. The van der Waals surface area contributed by atoms with Crippen molar-refractivity contribution in [3.05, 3.63) is 119 Å². The number of aromatic nitrogens is 5. The number of imide groups is 1. The SMILES string of the molecule is Cc1cc(-c2ncnn3cc(-c4ccc(CN5CCC(c6ccc(OC7CCC(=O)NC7=O)cc6)CC5)cc4)cc23)ccc1CNC(=O)c1noc(C(C)(C)C)n1. The molecule has 0 saturated carbocycles. The third-order valence-electron chi connectivity index (χ3n) is 10.8. The summed E-state index contributed by atoms with van der Waals surface area (Å²) in [6.07, 6.45) is 5.84. The van der Waals surface area contributed by atoms with Gasteiger partial charge in [0.2, 0.25) is 11.8 Å². The van der Waals surface area contributed by atoms with Crippen molar-refractivity contribution in [2.24, 2.45) is 0 Å². The van der Waals surface area contributed by atoms with Gasteiger partial charge in [-0.25, -0.2) is 9.50 Å². The number of ether oxygens (including phenoxy) is 1. The standard InChI is InChI=1S/C44H46N8O5/c1-27-21-32(9-10-33(27)23-45-42(55)40-49-43(57-50-40)44(2,3)4)39-36-22-34(25-52(36)47-26-46-39)30-7-5-28(6-8-30)24-51-19-17-31(18-20-51)29-11-13-35(14-12-29)56-37-15-16-38(53)48-41(37)54/h5-14,21-22,25-26,31,37H,15-20,23-24H2,1-4H3,(H,45,55)(H,48,53,54). The average molecular weight is 767 g/mol. The first-order valence-electron chi connectivity index (χ1n) is 19.4. The second-order valence-corrected chi connectivity index (χ2v) is 16.0. The predicted octanol–water partition coefficient (Wildman–Crippen LogP) is 6.55. The zero-order valence-electron chi connectivity index (χ0n) is 32.6. The van der Waals surface area contributed by atoms with E-state index < -0.39 is 6.10 Å². The van der Waals surface area contributed by atoms with Gasteiger partial charge in [0, 0.05) is 48.7 Å². The van der Waals surface area contributed by atoms with E-state index in [0.717, 1.165) is 71.5 Å². The molecule has 2 fully saturated rings. The monoisotopic (exact) mass is 766 g/mol. The molecule has 3 amide bonds. The first-order chi connectivity index (χ1) is 27.5. The van der Waals surface area contributed by atoms with Crippen LogP contribution in [0.15, 0.2) is 89.8 Å². The molecular formula is C44H46N8O5. The molecule has 0 radical (unpaired) electrons. The van der Waals surface area contributed by atoms with Gasteiger partial charge in [0.25, 0.3) is 17.6 Å². The highest BCUT2D eigenvalue weighted by Gasteiger charge is 2.29. The van der Waals surface area contributed by atoms with Crippen LogP contribution in [0.4, 0.5) is 0 Å². The molecule has 2 saturated heterocycles. The number of nitrogens with one attached hydrogen (secondary N) is 2. The number of likely N-dealkylation sites (tertiary alicyclic amines) is 1. The van der Waals surface area contributed by atoms with Crippen LogP contribution in [0.1, 0.15) is 91.1 Å². The predicted molar refractivity (Wildman–Crippen MR) is 213 cm³/mol. The molecular weight excluding hydrogens is 721 g/mol. The van der Waals surface area contributed by atoms with E-state index in [-0.39, 0.29) is 29.0 Å². The molecule has 1 unspecified atom stereocenters. The fourth-order valence-corrected chi connectivity index (χ4v) is 7.48. The van der Waals surface area contributed by atoms with E-state index in [2.05, 4.69) is 84.3 Å². The summed E-state index contributed by atoms with van der Waals surface area (Å²) >= 11 is 0. The van der Waals surface area contributed by atoms with Gasteiger partial charge in [-0.05, 0) is 90.9 Å². The number of carbonyl (C=O) groups is 3. The molecule has 6 aromatic rings. The second-order valence-electron chi connectivity index (χ2n) is 16.0. The summed E-state index contributed by atoms with van der Waals surface area (Å²) in [5, 5.41) is 13.6. The lowest BCUT2D eigenvalue weighted by Gasteiger charge is -2.32. The van der Waals surface area contributed by atoms with Crippen molar-refractivity contribution in [1.29, 1.82) is 0 Å². The van der Waals surface area contributed by atoms with E-state index >= 15 is 0 Å². The summed E-state index contributed by atoms with van der Waals surface area (Å²) in [6, 6.07) is 25.1. The lowest BCUT2D eigenvalue weighted by atomic mass is 9.89. The molecule has 0 spiro atoms. The maximum absolute atomic E-state index is 12.7. The van der Waals surface area contributed by atoms with Gasteiger partial charge in [-0.2, -0.15) is 10.1 Å². The van der Waals surface area contributed by atoms with E-state index in [0.29, 0.717) is 36.9 Å². The normalized spacial score (nSPS) is 16.8. The molecule has 0 aliphatic carbocycles. The number of piperidine rings is 2.